The molecular formula is C27H51NO3. The molecular weight excluding hydrogens is 386 g/mol. The van der Waals surface area contributed by atoms with Gasteiger partial charge in [-0.25, -0.2) is 4.79 Å². The van der Waals surface area contributed by atoms with E-state index in [4.69, 9.17) is 9.47 Å². The van der Waals surface area contributed by atoms with Gasteiger partial charge in [0.1, 0.15) is 5.60 Å². The van der Waals surface area contributed by atoms with Crippen molar-refractivity contribution in [3.8, 4) is 0 Å². The van der Waals surface area contributed by atoms with Crippen molar-refractivity contribution in [2.75, 3.05) is 19.7 Å². The summed E-state index contributed by atoms with van der Waals surface area (Å²) in [7, 11) is 0. The highest BCUT2D eigenvalue weighted by molar-refractivity contribution is 5.68. The third-order valence-corrected chi connectivity index (χ3v) is 3.82. The van der Waals surface area contributed by atoms with Gasteiger partial charge in [-0.2, -0.15) is 0 Å². The zero-order valence-electron chi connectivity index (χ0n) is 21.8. The molecule has 0 N–H and O–H groups in total. The summed E-state index contributed by atoms with van der Waals surface area (Å²) in [5.74, 6) is 0. The number of hydrogen-bond donors (Lipinski definition) is 0. The molecule has 0 aromatic heterocycles. The highest BCUT2D eigenvalue weighted by Gasteiger charge is 2.22. The monoisotopic (exact) mass is 437 g/mol. The van der Waals surface area contributed by atoms with Gasteiger partial charge in [0.25, 0.3) is 0 Å². The molecule has 4 heteroatoms. The molecule has 0 spiro atoms. The minimum Gasteiger partial charge on any atom is -0.444 e. The molecule has 0 radical (unpaired) electrons. The van der Waals surface area contributed by atoms with Crippen LogP contribution in [0, 0.1) is 0 Å². The molecule has 1 heterocycles. The standard InChI is InChI=1S/C10H19NO2.C10H14O.C3H6.2C2H6/c1-10(2,3)13-9(12)11-7-5-4-6-8-11;1-2-8-11-9-10-6-4-3-5-7-10;1-2-3-1;2*1-2/h4-8H2,1-3H3;3-7H,2,8-9H2,1H3;1-3H2;2*1-2H3. The van der Waals surface area contributed by atoms with E-state index in [0.717, 1.165) is 45.6 Å². The lowest BCUT2D eigenvalue weighted by Crippen LogP contribution is -2.39. The van der Waals surface area contributed by atoms with Crippen LogP contribution < -0.4 is 0 Å². The molecule has 182 valence electrons. The molecule has 1 aromatic carbocycles. The van der Waals surface area contributed by atoms with Crippen LogP contribution in [-0.2, 0) is 16.1 Å². The molecule has 4 nitrogen and oxygen atoms in total. The molecule has 0 atom stereocenters. The number of nitrogens with zero attached hydrogens (tertiary/aromatic N) is 1. The first kappa shape index (κ1) is 31.6. The Morgan fingerprint density at radius 3 is 1.77 bits per heavy atom. The quantitative estimate of drug-likeness (QED) is 0.445. The van der Waals surface area contributed by atoms with Crippen molar-refractivity contribution >= 4 is 6.09 Å². The Hall–Kier alpha value is -1.55. The number of ether oxygens (including phenoxy) is 2. The van der Waals surface area contributed by atoms with Gasteiger partial charge < -0.3 is 14.4 Å². The fourth-order valence-electron chi connectivity index (χ4n) is 2.31. The normalized spacial score (nSPS) is 14.0. The van der Waals surface area contributed by atoms with Crippen LogP contribution in [0.4, 0.5) is 4.79 Å². The molecule has 2 aliphatic rings. The largest absolute Gasteiger partial charge is 0.444 e. The molecule has 1 aliphatic carbocycles. The summed E-state index contributed by atoms with van der Waals surface area (Å²) in [6, 6.07) is 10.2. The van der Waals surface area contributed by atoms with Gasteiger partial charge in [-0.3, -0.25) is 0 Å². The number of carbonyl (C=O) groups excluding carboxylic acids is 1. The predicted octanol–water partition coefficient (Wildman–Crippen LogP) is 8.24. The third-order valence-electron chi connectivity index (χ3n) is 3.82. The van der Waals surface area contributed by atoms with E-state index in [1.54, 1.807) is 4.90 Å². The van der Waals surface area contributed by atoms with E-state index in [1.807, 2.05) is 66.7 Å². The SMILES string of the molecule is C1CC1.CC.CC.CC(C)(C)OC(=O)N1CCCCC1.CCCOCc1ccccc1. The van der Waals surface area contributed by atoms with Gasteiger partial charge in [-0.1, -0.05) is 84.2 Å². The maximum absolute atomic E-state index is 11.5. The molecule has 0 unspecified atom stereocenters. The number of benzene rings is 1. The number of hydrogen-bond acceptors (Lipinski definition) is 3. The Morgan fingerprint density at radius 1 is 0.871 bits per heavy atom. The van der Waals surface area contributed by atoms with Crippen LogP contribution in [0.25, 0.3) is 0 Å². The number of amides is 1. The Bertz CT molecular complexity index is 486. The van der Waals surface area contributed by atoms with Crippen LogP contribution in [0.3, 0.4) is 0 Å². The van der Waals surface area contributed by atoms with Crippen molar-refractivity contribution in [2.45, 2.75) is 113 Å². The minimum absolute atomic E-state index is 0.160. The fraction of sp³-hybridized carbons (Fsp3) is 0.741. The van der Waals surface area contributed by atoms with Crippen LogP contribution in [-0.4, -0.2) is 36.3 Å². The molecule has 1 amide bonds. The zero-order valence-corrected chi connectivity index (χ0v) is 21.8. The summed E-state index contributed by atoms with van der Waals surface area (Å²) in [5.41, 5.74) is 0.884. The lowest BCUT2D eigenvalue weighted by Gasteiger charge is -2.29. The Labute approximate surface area is 193 Å². The van der Waals surface area contributed by atoms with E-state index in [2.05, 4.69) is 19.1 Å². The number of carbonyl (C=O) groups is 1. The summed E-state index contributed by atoms with van der Waals surface area (Å²) < 4.78 is 10.6. The van der Waals surface area contributed by atoms with E-state index >= 15 is 0 Å². The lowest BCUT2D eigenvalue weighted by atomic mass is 10.1. The second-order valence-electron chi connectivity index (χ2n) is 8.13. The van der Waals surface area contributed by atoms with E-state index in [0.29, 0.717) is 0 Å². The van der Waals surface area contributed by atoms with E-state index in [-0.39, 0.29) is 11.7 Å². The lowest BCUT2D eigenvalue weighted by molar-refractivity contribution is 0.0216. The first-order valence-corrected chi connectivity index (χ1v) is 12.5. The Kier molecular flexibility index (Phi) is 22.1. The Balaban J connectivity index is 0. The third kappa shape index (κ3) is 22.9. The van der Waals surface area contributed by atoms with Gasteiger partial charge in [-0.15, -0.1) is 0 Å². The van der Waals surface area contributed by atoms with Gasteiger partial charge in [0.15, 0.2) is 0 Å². The molecule has 1 saturated carbocycles. The van der Waals surface area contributed by atoms with Crippen molar-refractivity contribution in [1.82, 2.24) is 4.90 Å². The van der Waals surface area contributed by atoms with Crippen LogP contribution >= 0.6 is 0 Å². The van der Waals surface area contributed by atoms with Crippen molar-refractivity contribution in [3.05, 3.63) is 35.9 Å². The van der Waals surface area contributed by atoms with Gasteiger partial charge in [0, 0.05) is 19.7 Å². The summed E-state index contributed by atoms with van der Waals surface area (Å²) in [5, 5.41) is 0. The number of rotatable bonds is 4. The summed E-state index contributed by atoms with van der Waals surface area (Å²) >= 11 is 0. The van der Waals surface area contributed by atoms with Crippen molar-refractivity contribution in [3.63, 3.8) is 0 Å². The van der Waals surface area contributed by atoms with E-state index < -0.39 is 0 Å². The predicted molar refractivity (Wildman–Crippen MR) is 135 cm³/mol. The second-order valence-corrected chi connectivity index (χ2v) is 8.13. The number of likely N-dealkylation sites (tertiary alicyclic amines) is 1. The van der Waals surface area contributed by atoms with Crippen LogP contribution in [0.1, 0.15) is 106 Å². The van der Waals surface area contributed by atoms with Gasteiger partial charge in [-0.05, 0) is 52.0 Å². The van der Waals surface area contributed by atoms with E-state index in [9.17, 15) is 4.79 Å². The van der Waals surface area contributed by atoms with Gasteiger partial charge >= 0.3 is 6.09 Å². The van der Waals surface area contributed by atoms with Gasteiger partial charge in [0.05, 0.1) is 6.61 Å². The summed E-state index contributed by atoms with van der Waals surface area (Å²) in [6.07, 6.45) is 8.89. The molecule has 1 saturated heterocycles. The van der Waals surface area contributed by atoms with Crippen LogP contribution in [0.5, 0.6) is 0 Å². The molecule has 1 aromatic rings. The molecule has 0 bridgehead atoms. The zero-order chi connectivity index (χ0) is 24.0. The molecule has 3 rings (SSSR count). The Morgan fingerprint density at radius 2 is 1.35 bits per heavy atom. The average Bonchev–Trinajstić information content (AvgIpc) is 3.67. The topological polar surface area (TPSA) is 38.8 Å². The molecule has 2 fully saturated rings. The van der Waals surface area contributed by atoms with Crippen molar-refractivity contribution < 1.29 is 14.3 Å². The van der Waals surface area contributed by atoms with Crippen molar-refractivity contribution in [2.24, 2.45) is 0 Å². The second kappa shape index (κ2) is 21.7. The van der Waals surface area contributed by atoms with Crippen LogP contribution in [0.15, 0.2) is 30.3 Å². The van der Waals surface area contributed by atoms with Crippen LogP contribution in [0.2, 0.25) is 0 Å². The average molecular weight is 438 g/mol. The van der Waals surface area contributed by atoms with E-state index in [1.165, 1.54) is 31.2 Å². The first-order valence-electron chi connectivity index (χ1n) is 12.5. The first-order chi connectivity index (χ1) is 14.9. The number of piperidine rings is 1. The maximum Gasteiger partial charge on any atom is 0.410 e. The minimum atomic E-state index is -0.367. The highest BCUT2D eigenvalue weighted by Crippen LogP contribution is 2.15. The smallest absolute Gasteiger partial charge is 0.410 e. The fourth-order valence-corrected chi connectivity index (χ4v) is 2.31. The summed E-state index contributed by atoms with van der Waals surface area (Å²) in [4.78, 5) is 13.3. The molecule has 31 heavy (non-hydrogen) atoms. The molecule has 1 aliphatic heterocycles. The van der Waals surface area contributed by atoms with Crippen molar-refractivity contribution in [1.29, 1.82) is 0 Å². The van der Waals surface area contributed by atoms with Gasteiger partial charge in [0.2, 0.25) is 0 Å². The maximum atomic E-state index is 11.5. The summed E-state index contributed by atoms with van der Waals surface area (Å²) in [6.45, 7) is 19.1. The highest BCUT2D eigenvalue weighted by atomic mass is 16.6.